The minimum absolute atomic E-state index is 0.0677. The van der Waals surface area contributed by atoms with Crippen molar-refractivity contribution in [3.63, 3.8) is 0 Å². The summed E-state index contributed by atoms with van der Waals surface area (Å²) in [5.41, 5.74) is 2.60. The largest absolute Gasteiger partial charge is 0.452 e. The van der Waals surface area contributed by atoms with Crippen LogP contribution in [0.1, 0.15) is 15.9 Å². The molecule has 4 rings (SSSR count). The van der Waals surface area contributed by atoms with E-state index in [2.05, 4.69) is 39.4 Å². The second kappa shape index (κ2) is 11.1. The number of nitrogens with zero attached hydrogens (tertiary/aromatic N) is 2. The predicted octanol–water partition coefficient (Wildman–Crippen LogP) is 4.60. The second-order valence-corrected chi connectivity index (χ2v) is 8.42. The minimum Gasteiger partial charge on any atom is -0.452 e. The summed E-state index contributed by atoms with van der Waals surface area (Å²) in [6.07, 6.45) is 0. The highest BCUT2D eigenvalue weighted by Crippen LogP contribution is 2.21. The van der Waals surface area contributed by atoms with Gasteiger partial charge in [-0.05, 0) is 42.0 Å². The minimum atomic E-state index is -0.986. The van der Waals surface area contributed by atoms with Crippen molar-refractivity contribution < 1.29 is 18.7 Å². The number of hydrogen-bond acceptors (Lipinski definition) is 5. The average molecular weight is 482 g/mol. The van der Waals surface area contributed by atoms with Crippen molar-refractivity contribution in [3.8, 4) is 0 Å². The van der Waals surface area contributed by atoms with Crippen LogP contribution in [0.2, 0.25) is 5.02 Å². The van der Waals surface area contributed by atoms with Crippen molar-refractivity contribution >= 4 is 34.9 Å². The number of nitrogens with one attached hydrogen (secondary N) is 1. The van der Waals surface area contributed by atoms with E-state index in [1.165, 1.54) is 17.7 Å². The van der Waals surface area contributed by atoms with Gasteiger partial charge in [0.1, 0.15) is 11.4 Å². The van der Waals surface area contributed by atoms with Crippen molar-refractivity contribution in [2.75, 3.05) is 43.0 Å². The maximum Gasteiger partial charge on any atom is 0.343 e. The van der Waals surface area contributed by atoms with Gasteiger partial charge < -0.3 is 15.0 Å². The van der Waals surface area contributed by atoms with Crippen LogP contribution in [0, 0.1) is 5.82 Å². The summed E-state index contributed by atoms with van der Waals surface area (Å²) in [6, 6.07) is 21.8. The van der Waals surface area contributed by atoms with Crippen LogP contribution >= 0.6 is 11.6 Å². The first-order valence-electron chi connectivity index (χ1n) is 11.0. The van der Waals surface area contributed by atoms with Gasteiger partial charge in [-0.1, -0.05) is 48.0 Å². The van der Waals surface area contributed by atoms with Crippen LogP contribution in [-0.4, -0.2) is 49.6 Å². The highest BCUT2D eigenvalue weighted by Gasteiger charge is 2.19. The lowest BCUT2D eigenvalue weighted by Crippen LogP contribution is -2.45. The summed E-state index contributed by atoms with van der Waals surface area (Å²) < 4.78 is 18.7. The Morgan fingerprint density at radius 2 is 1.62 bits per heavy atom. The van der Waals surface area contributed by atoms with E-state index < -0.39 is 24.3 Å². The molecule has 0 radical (unpaired) electrons. The fourth-order valence-electron chi connectivity index (χ4n) is 3.85. The van der Waals surface area contributed by atoms with Crippen LogP contribution in [-0.2, 0) is 16.1 Å². The van der Waals surface area contributed by atoms with Gasteiger partial charge in [0.15, 0.2) is 6.61 Å². The number of benzene rings is 3. The Morgan fingerprint density at radius 3 is 2.29 bits per heavy atom. The Bertz CT molecular complexity index is 1110. The van der Waals surface area contributed by atoms with E-state index >= 15 is 0 Å². The molecule has 0 unspecified atom stereocenters. The third-order valence-electron chi connectivity index (χ3n) is 5.64. The van der Waals surface area contributed by atoms with Gasteiger partial charge in [0.2, 0.25) is 0 Å². The Balaban J connectivity index is 1.24. The molecule has 6 nitrogen and oxygen atoms in total. The number of anilines is 2. The summed E-state index contributed by atoms with van der Waals surface area (Å²) >= 11 is 5.84. The molecule has 0 atom stereocenters. The number of piperazine rings is 1. The maximum atomic E-state index is 13.8. The van der Waals surface area contributed by atoms with E-state index in [1.807, 2.05) is 18.2 Å². The van der Waals surface area contributed by atoms with Crippen molar-refractivity contribution in [3.05, 3.63) is 94.8 Å². The molecule has 0 spiro atoms. The Morgan fingerprint density at radius 1 is 0.912 bits per heavy atom. The average Bonchev–Trinajstić information content (AvgIpc) is 2.84. The molecule has 3 aromatic rings. The van der Waals surface area contributed by atoms with Crippen LogP contribution in [0.15, 0.2) is 72.8 Å². The molecule has 0 aromatic heterocycles. The van der Waals surface area contributed by atoms with Crippen LogP contribution in [0.5, 0.6) is 0 Å². The molecule has 34 heavy (non-hydrogen) atoms. The molecular weight excluding hydrogens is 457 g/mol. The predicted molar refractivity (Wildman–Crippen MR) is 131 cm³/mol. The van der Waals surface area contributed by atoms with E-state index in [0.717, 1.165) is 44.5 Å². The summed E-state index contributed by atoms with van der Waals surface area (Å²) in [5, 5.41) is 2.61. The highest BCUT2D eigenvalue weighted by molar-refractivity contribution is 6.33. The van der Waals surface area contributed by atoms with Crippen molar-refractivity contribution in [1.82, 2.24) is 4.90 Å². The van der Waals surface area contributed by atoms with E-state index in [1.54, 1.807) is 12.1 Å². The van der Waals surface area contributed by atoms with Gasteiger partial charge in [-0.3, -0.25) is 9.69 Å². The topological polar surface area (TPSA) is 61.9 Å². The normalized spacial score (nSPS) is 14.0. The number of halogens is 2. The molecule has 3 aromatic carbocycles. The van der Waals surface area contributed by atoms with Crippen LogP contribution < -0.4 is 10.2 Å². The van der Waals surface area contributed by atoms with Gasteiger partial charge in [0.05, 0.1) is 5.02 Å². The number of amides is 1. The number of carbonyl (C=O) groups is 2. The third-order valence-corrected chi connectivity index (χ3v) is 5.95. The molecule has 176 valence electrons. The van der Waals surface area contributed by atoms with E-state index in [9.17, 15) is 14.0 Å². The number of esters is 1. The zero-order valence-corrected chi connectivity index (χ0v) is 19.3. The Labute approximate surface area is 202 Å². The standard InChI is InChI=1S/C26H25ClFN3O3/c27-22-7-4-8-23(28)25(22)26(33)34-18-24(32)29-20-9-11-21(12-10-20)31-15-13-30(14-16-31)17-19-5-2-1-3-6-19/h1-12H,13-18H2,(H,29,32). The summed E-state index contributed by atoms with van der Waals surface area (Å²) in [4.78, 5) is 29.0. The van der Waals surface area contributed by atoms with Crippen molar-refractivity contribution in [2.45, 2.75) is 6.54 Å². The first kappa shape index (κ1) is 23.7. The summed E-state index contributed by atoms with van der Waals surface area (Å²) in [7, 11) is 0. The van der Waals surface area contributed by atoms with Crippen LogP contribution in [0.3, 0.4) is 0 Å². The number of ether oxygens (including phenoxy) is 1. The lowest BCUT2D eigenvalue weighted by molar-refractivity contribution is -0.119. The van der Waals surface area contributed by atoms with Gasteiger partial charge in [-0.15, -0.1) is 0 Å². The van der Waals surface area contributed by atoms with E-state index in [-0.39, 0.29) is 10.6 Å². The first-order valence-corrected chi connectivity index (χ1v) is 11.4. The van der Waals surface area contributed by atoms with Crippen molar-refractivity contribution in [2.24, 2.45) is 0 Å². The molecule has 1 aliphatic rings. The second-order valence-electron chi connectivity index (χ2n) is 8.02. The van der Waals surface area contributed by atoms with Gasteiger partial charge in [0, 0.05) is 44.1 Å². The zero-order chi connectivity index (χ0) is 23.9. The zero-order valence-electron chi connectivity index (χ0n) is 18.5. The molecule has 1 aliphatic heterocycles. The quantitative estimate of drug-likeness (QED) is 0.500. The molecule has 8 heteroatoms. The fraction of sp³-hybridized carbons (Fsp3) is 0.231. The number of hydrogen-bond donors (Lipinski definition) is 1. The molecule has 1 fully saturated rings. The lowest BCUT2D eigenvalue weighted by Gasteiger charge is -2.36. The third kappa shape index (κ3) is 6.12. The monoisotopic (exact) mass is 481 g/mol. The van der Waals surface area contributed by atoms with Gasteiger partial charge in [-0.2, -0.15) is 0 Å². The summed E-state index contributed by atoms with van der Waals surface area (Å²) in [6.45, 7) is 4.21. The SMILES string of the molecule is O=C(COC(=O)c1c(F)cccc1Cl)Nc1ccc(N2CCN(Cc3ccccc3)CC2)cc1. The van der Waals surface area contributed by atoms with Crippen LogP contribution in [0.4, 0.5) is 15.8 Å². The molecule has 0 saturated carbocycles. The van der Waals surface area contributed by atoms with Gasteiger partial charge in [-0.25, -0.2) is 9.18 Å². The number of rotatable bonds is 7. The maximum absolute atomic E-state index is 13.8. The molecule has 1 amide bonds. The molecule has 0 bridgehead atoms. The lowest BCUT2D eigenvalue weighted by atomic mass is 10.2. The molecule has 1 N–H and O–H groups in total. The van der Waals surface area contributed by atoms with Crippen LogP contribution in [0.25, 0.3) is 0 Å². The summed E-state index contributed by atoms with van der Waals surface area (Å²) in [5.74, 6) is -2.31. The smallest absolute Gasteiger partial charge is 0.343 e. The molecule has 0 aliphatic carbocycles. The van der Waals surface area contributed by atoms with Gasteiger partial charge in [0.25, 0.3) is 5.91 Å². The molecule has 1 saturated heterocycles. The number of carbonyl (C=O) groups excluding carboxylic acids is 2. The molecule has 1 heterocycles. The first-order chi connectivity index (χ1) is 16.5. The molecular formula is C26H25ClFN3O3. The van der Waals surface area contributed by atoms with E-state index in [0.29, 0.717) is 5.69 Å². The fourth-order valence-corrected chi connectivity index (χ4v) is 4.09. The van der Waals surface area contributed by atoms with Crippen molar-refractivity contribution in [1.29, 1.82) is 0 Å². The van der Waals surface area contributed by atoms with Gasteiger partial charge >= 0.3 is 5.97 Å². The Kier molecular flexibility index (Phi) is 7.77. The highest BCUT2D eigenvalue weighted by atomic mass is 35.5. The Hall–Kier alpha value is -3.42. The van der Waals surface area contributed by atoms with E-state index in [4.69, 9.17) is 16.3 Å².